The van der Waals surface area contributed by atoms with Crippen molar-refractivity contribution >= 4 is 0 Å². The van der Waals surface area contributed by atoms with Crippen LogP contribution in [0.4, 0.5) is 13.2 Å². The minimum absolute atomic E-state index is 0.368. The van der Waals surface area contributed by atoms with Gasteiger partial charge in [0.15, 0.2) is 11.5 Å². The van der Waals surface area contributed by atoms with Gasteiger partial charge in [-0.1, -0.05) is 6.07 Å². The molecule has 0 fully saturated rings. The van der Waals surface area contributed by atoms with Crippen LogP contribution in [0.2, 0.25) is 0 Å². The molecule has 0 aromatic heterocycles. The van der Waals surface area contributed by atoms with Crippen LogP contribution in [-0.2, 0) is 0 Å². The number of methoxy groups -OCH3 is 1. The Hall–Kier alpha value is -1.43. The van der Waals surface area contributed by atoms with Crippen LogP contribution in [0.1, 0.15) is 24.9 Å². The first-order chi connectivity index (χ1) is 8.37. The zero-order valence-corrected chi connectivity index (χ0v) is 10.3. The van der Waals surface area contributed by atoms with E-state index in [2.05, 4.69) is 0 Å². The van der Waals surface area contributed by atoms with Gasteiger partial charge >= 0.3 is 6.18 Å². The van der Waals surface area contributed by atoms with Crippen molar-refractivity contribution in [2.75, 3.05) is 13.7 Å². The van der Waals surface area contributed by atoms with Crippen LogP contribution in [0.3, 0.4) is 0 Å². The van der Waals surface area contributed by atoms with Crippen molar-refractivity contribution in [3.63, 3.8) is 0 Å². The monoisotopic (exact) mass is 263 g/mol. The summed E-state index contributed by atoms with van der Waals surface area (Å²) in [5.41, 5.74) is 5.88. The van der Waals surface area contributed by atoms with Gasteiger partial charge in [0.2, 0.25) is 0 Å². The Bertz CT molecular complexity index is 393. The van der Waals surface area contributed by atoms with Gasteiger partial charge in [-0.3, -0.25) is 0 Å². The van der Waals surface area contributed by atoms with Gasteiger partial charge in [0.1, 0.15) is 0 Å². The molecule has 0 aliphatic rings. The SMILES string of the molecule is CCOc1ccc([C@@H](N)CC(F)(F)F)cc1OC. The molecule has 0 heterocycles. The molecule has 102 valence electrons. The second-order valence-corrected chi connectivity index (χ2v) is 3.77. The van der Waals surface area contributed by atoms with E-state index in [4.69, 9.17) is 15.2 Å². The number of alkyl halides is 3. The lowest BCUT2D eigenvalue weighted by molar-refractivity contribution is -0.138. The van der Waals surface area contributed by atoms with E-state index in [-0.39, 0.29) is 0 Å². The number of halogens is 3. The van der Waals surface area contributed by atoms with E-state index in [1.54, 1.807) is 6.07 Å². The molecule has 1 rings (SSSR count). The fraction of sp³-hybridized carbons (Fsp3) is 0.500. The molecule has 18 heavy (non-hydrogen) atoms. The number of nitrogens with two attached hydrogens (primary N) is 1. The van der Waals surface area contributed by atoms with E-state index in [1.807, 2.05) is 6.92 Å². The maximum Gasteiger partial charge on any atom is 0.390 e. The van der Waals surface area contributed by atoms with E-state index in [1.165, 1.54) is 19.2 Å². The Morgan fingerprint density at radius 3 is 2.44 bits per heavy atom. The highest BCUT2D eigenvalue weighted by Crippen LogP contribution is 2.33. The van der Waals surface area contributed by atoms with Crippen molar-refractivity contribution in [2.24, 2.45) is 5.73 Å². The lowest BCUT2D eigenvalue weighted by Crippen LogP contribution is -2.20. The fourth-order valence-corrected chi connectivity index (χ4v) is 1.56. The molecule has 6 heteroatoms. The molecule has 0 unspecified atom stereocenters. The van der Waals surface area contributed by atoms with Crippen molar-refractivity contribution < 1.29 is 22.6 Å². The summed E-state index contributed by atoms with van der Waals surface area (Å²) in [6.07, 6.45) is -5.35. The molecule has 0 spiro atoms. The number of ether oxygens (including phenoxy) is 2. The van der Waals surface area contributed by atoms with Crippen molar-refractivity contribution in [3.8, 4) is 11.5 Å². The molecule has 0 saturated carbocycles. The first kappa shape index (κ1) is 14.6. The standard InChI is InChI=1S/C12H16F3NO2/c1-3-18-10-5-4-8(6-11(10)17-2)9(16)7-12(13,14)15/h4-6,9H,3,7,16H2,1-2H3/t9-/m0/s1. The summed E-state index contributed by atoms with van der Waals surface area (Å²) in [5, 5.41) is 0. The van der Waals surface area contributed by atoms with Crippen LogP contribution in [0, 0.1) is 0 Å². The third kappa shape index (κ3) is 4.10. The Labute approximate surface area is 104 Å². The Kier molecular flexibility index (Phi) is 4.84. The third-order valence-corrected chi connectivity index (χ3v) is 2.37. The Morgan fingerprint density at radius 2 is 1.94 bits per heavy atom. The second kappa shape index (κ2) is 5.95. The molecule has 0 saturated heterocycles. The zero-order chi connectivity index (χ0) is 13.8. The predicted octanol–water partition coefficient (Wildman–Crippen LogP) is 3.05. The summed E-state index contributed by atoms with van der Waals surface area (Å²) in [4.78, 5) is 0. The third-order valence-electron chi connectivity index (χ3n) is 2.37. The summed E-state index contributed by atoms with van der Waals surface area (Å²) in [5.74, 6) is 0.870. The minimum atomic E-state index is -4.29. The van der Waals surface area contributed by atoms with Gasteiger partial charge in [0.05, 0.1) is 20.1 Å². The molecule has 1 aromatic carbocycles. The van der Waals surface area contributed by atoms with Gasteiger partial charge < -0.3 is 15.2 Å². The van der Waals surface area contributed by atoms with Gasteiger partial charge in [-0.2, -0.15) is 13.2 Å². The van der Waals surface area contributed by atoms with Crippen LogP contribution in [0.5, 0.6) is 11.5 Å². The highest BCUT2D eigenvalue weighted by Gasteiger charge is 2.31. The molecule has 3 nitrogen and oxygen atoms in total. The molecular formula is C12H16F3NO2. The van der Waals surface area contributed by atoms with E-state index in [0.29, 0.717) is 23.7 Å². The number of rotatable bonds is 5. The van der Waals surface area contributed by atoms with Crippen LogP contribution in [0.25, 0.3) is 0 Å². The summed E-state index contributed by atoms with van der Waals surface area (Å²) in [6.45, 7) is 2.26. The van der Waals surface area contributed by atoms with Crippen molar-refractivity contribution in [3.05, 3.63) is 23.8 Å². The summed E-state index contributed by atoms with van der Waals surface area (Å²) in [7, 11) is 1.43. The van der Waals surface area contributed by atoms with E-state index in [0.717, 1.165) is 0 Å². The van der Waals surface area contributed by atoms with Gasteiger partial charge in [-0.15, -0.1) is 0 Å². The molecule has 1 atom stereocenters. The molecule has 0 radical (unpaired) electrons. The summed E-state index contributed by atoms with van der Waals surface area (Å²) in [6, 6.07) is 3.45. The molecule has 0 aliphatic heterocycles. The van der Waals surface area contributed by atoms with Gasteiger partial charge in [-0.25, -0.2) is 0 Å². The number of hydrogen-bond acceptors (Lipinski definition) is 3. The van der Waals surface area contributed by atoms with Gasteiger partial charge in [-0.05, 0) is 24.6 Å². The molecule has 2 N–H and O–H groups in total. The van der Waals surface area contributed by atoms with Crippen LogP contribution in [-0.4, -0.2) is 19.9 Å². The summed E-state index contributed by atoms with van der Waals surface area (Å²) < 4.78 is 47.0. The summed E-state index contributed by atoms with van der Waals surface area (Å²) >= 11 is 0. The maximum absolute atomic E-state index is 12.2. The first-order valence-corrected chi connectivity index (χ1v) is 5.50. The topological polar surface area (TPSA) is 44.5 Å². The maximum atomic E-state index is 12.2. The first-order valence-electron chi connectivity index (χ1n) is 5.50. The minimum Gasteiger partial charge on any atom is -0.493 e. The molecule has 1 aromatic rings. The van der Waals surface area contributed by atoms with Crippen LogP contribution in [0.15, 0.2) is 18.2 Å². The number of hydrogen-bond donors (Lipinski definition) is 1. The quantitative estimate of drug-likeness (QED) is 0.888. The highest BCUT2D eigenvalue weighted by molar-refractivity contribution is 5.43. The number of benzene rings is 1. The predicted molar refractivity (Wildman–Crippen MR) is 61.8 cm³/mol. The van der Waals surface area contributed by atoms with E-state index < -0.39 is 18.6 Å². The van der Waals surface area contributed by atoms with E-state index in [9.17, 15) is 13.2 Å². The normalized spacial score (nSPS) is 13.2. The largest absolute Gasteiger partial charge is 0.493 e. The van der Waals surface area contributed by atoms with Crippen LogP contribution >= 0.6 is 0 Å². The molecule has 0 bridgehead atoms. The van der Waals surface area contributed by atoms with Crippen molar-refractivity contribution in [1.82, 2.24) is 0 Å². The Balaban J connectivity index is 2.91. The average Bonchev–Trinajstić information content (AvgIpc) is 2.27. The van der Waals surface area contributed by atoms with E-state index >= 15 is 0 Å². The molecule has 0 amide bonds. The van der Waals surface area contributed by atoms with Crippen LogP contribution < -0.4 is 15.2 Å². The zero-order valence-electron chi connectivity index (χ0n) is 10.3. The lowest BCUT2D eigenvalue weighted by Gasteiger charge is -2.16. The molecule has 0 aliphatic carbocycles. The lowest BCUT2D eigenvalue weighted by atomic mass is 10.0. The highest BCUT2D eigenvalue weighted by atomic mass is 19.4. The van der Waals surface area contributed by atoms with Crippen molar-refractivity contribution in [1.29, 1.82) is 0 Å². The smallest absolute Gasteiger partial charge is 0.390 e. The fourth-order valence-electron chi connectivity index (χ4n) is 1.56. The Morgan fingerprint density at radius 1 is 1.28 bits per heavy atom. The average molecular weight is 263 g/mol. The second-order valence-electron chi connectivity index (χ2n) is 3.77. The molecular weight excluding hydrogens is 247 g/mol. The van der Waals surface area contributed by atoms with Gasteiger partial charge in [0.25, 0.3) is 0 Å². The van der Waals surface area contributed by atoms with Gasteiger partial charge in [0, 0.05) is 6.04 Å². The van der Waals surface area contributed by atoms with Crippen molar-refractivity contribution in [2.45, 2.75) is 25.6 Å².